The Balaban J connectivity index is 2.09. The molecule has 1 aromatic carbocycles. The quantitative estimate of drug-likeness (QED) is 0.682. The van der Waals surface area contributed by atoms with Crippen LogP contribution in [0.15, 0.2) is 30.3 Å². The lowest BCUT2D eigenvalue weighted by Gasteiger charge is -2.34. The zero-order valence-electron chi connectivity index (χ0n) is 16.2. The number of esters is 1. The van der Waals surface area contributed by atoms with Gasteiger partial charge in [-0.1, -0.05) is 30.3 Å². The Labute approximate surface area is 163 Å². The van der Waals surface area contributed by atoms with Crippen molar-refractivity contribution in [1.82, 2.24) is 10.2 Å². The fourth-order valence-electron chi connectivity index (χ4n) is 3.10. The maximum Gasteiger partial charge on any atom is 0.409 e. The molecule has 0 radical (unpaired) electrons. The number of alkyl carbamates (subject to hydrolysis) is 1. The fourth-order valence-corrected chi connectivity index (χ4v) is 3.10. The highest BCUT2D eigenvalue weighted by atomic mass is 16.6. The van der Waals surface area contributed by atoms with Gasteiger partial charge in [0.05, 0.1) is 31.7 Å². The summed E-state index contributed by atoms with van der Waals surface area (Å²) in [6.45, 7) is 5.14. The lowest BCUT2D eigenvalue weighted by Crippen LogP contribution is -2.56. The number of benzene rings is 1. The van der Waals surface area contributed by atoms with E-state index in [-0.39, 0.29) is 26.2 Å². The van der Waals surface area contributed by atoms with E-state index in [0.717, 1.165) is 10.5 Å². The highest BCUT2D eigenvalue weighted by molar-refractivity contribution is 5.74. The Morgan fingerprint density at radius 2 is 1.96 bits per heavy atom. The largest absolute Gasteiger partial charge is 0.466 e. The lowest BCUT2D eigenvalue weighted by molar-refractivity contribution is -0.144. The van der Waals surface area contributed by atoms with Gasteiger partial charge in [-0.3, -0.25) is 9.69 Å². The van der Waals surface area contributed by atoms with E-state index in [0.29, 0.717) is 0 Å². The normalized spacial score (nSPS) is 19.0. The summed E-state index contributed by atoms with van der Waals surface area (Å²) in [4.78, 5) is 37.1. The van der Waals surface area contributed by atoms with Crippen LogP contribution < -0.4 is 5.32 Å². The first kappa shape index (κ1) is 21.5. The molecule has 1 aliphatic rings. The number of ether oxygens (including phenoxy) is 3. The molecule has 1 aliphatic heterocycles. The molecule has 1 aromatic rings. The molecular formula is C19H26N2O7. The second kappa shape index (κ2) is 9.41. The Morgan fingerprint density at radius 3 is 2.57 bits per heavy atom. The molecule has 2 N–H and O–H groups in total. The molecule has 1 saturated heterocycles. The number of carboxylic acid groups (broad SMARTS) is 1. The van der Waals surface area contributed by atoms with Crippen molar-refractivity contribution in [2.75, 3.05) is 13.2 Å². The van der Waals surface area contributed by atoms with Gasteiger partial charge in [0, 0.05) is 0 Å². The molecular weight excluding hydrogens is 368 g/mol. The van der Waals surface area contributed by atoms with E-state index in [1.54, 1.807) is 20.8 Å². The number of hydrogen-bond acceptors (Lipinski definition) is 6. The first-order valence-corrected chi connectivity index (χ1v) is 9.03. The fraction of sp³-hybridized carbons (Fsp3) is 0.526. The summed E-state index contributed by atoms with van der Waals surface area (Å²) in [5.74, 6) is -0.550. The number of nitrogens with one attached hydrogen (secondary N) is 1. The van der Waals surface area contributed by atoms with Crippen LogP contribution in [-0.2, 0) is 25.6 Å². The zero-order chi connectivity index (χ0) is 20.7. The van der Waals surface area contributed by atoms with Crippen molar-refractivity contribution in [2.24, 2.45) is 0 Å². The number of carbonyl (C=O) groups excluding carboxylic acids is 2. The predicted molar refractivity (Wildman–Crippen MR) is 98.5 cm³/mol. The van der Waals surface area contributed by atoms with E-state index in [1.165, 1.54) is 0 Å². The van der Waals surface area contributed by atoms with Crippen LogP contribution in [0.1, 0.15) is 32.8 Å². The van der Waals surface area contributed by atoms with Crippen molar-refractivity contribution in [1.29, 1.82) is 0 Å². The van der Waals surface area contributed by atoms with Gasteiger partial charge in [0.1, 0.15) is 12.3 Å². The predicted octanol–water partition coefficient (Wildman–Crippen LogP) is 2.35. The van der Waals surface area contributed by atoms with Gasteiger partial charge in [-0.25, -0.2) is 9.59 Å². The Kier molecular flexibility index (Phi) is 7.22. The van der Waals surface area contributed by atoms with Crippen LogP contribution in [0.25, 0.3) is 0 Å². The molecule has 0 aromatic heterocycles. The van der Waals surface area contributed by atoms with Crippen LogP contribution in [0, 0.1) is 0 Å². The van der Waals surface area contributed by atoms with Gasteiger partial charge in [-0.2, -0.15) is 0 Å². The summed E-state index contributed by atoms with van der Waals surface area (Å²) in [6.07, 6.45) is -2.17. The van der Waals surface area contributed by atoms with E-state index in [4.69, 9.17) is 14.2 Å². The third-order valence-corrected chi connectivity index (χ3v) is 4.40. The summed E-state index contributed by atoms with van der Waals surface area (Å²) in [5.41, 5.74) is -0.281. The molecule has 1 fully saturated rings. The average Bonchev–Trinajstić information content (AvgIpc) is 2.96. The Morgan fingerprint density at radius 1 is 1.29 bits per heavy atom. The molecule has 154 valence electrons. The Bertz CT molecular complexity index is 693. The smallest absolute Gasteiger partial charge is 0.409 e. The van der Waals surface area contributed by atoms with Gasteiger partial charge >= 0.3 is 18.2 Å². The minimum absolute atomic E-state index is 0.0301. The summed E-state index contributed by atoms with van der Waals surface area (Å²) in [7, 11) is 0. The monoisotopic (exact) mass is 394 g/mol. The van der Waals surface area contributed by atoms with Crippen molar-refractivity contribution < 1.29 is 33.7 Å². The summed E-state index contributed by atoms with van der Waals surface area (Å²) in [5, 5.41) is 12.2. The SMILES string of the molecule is CCOC(=O)CC(NC(=O)OCc1ccccc1)[C@H]1COC(C)(C)N1C(=O)O. The summed E-state index contributed by atoms with van der Waals surface area (Å²) < 4.78 is 15.7. The van der Waals surface area contributed by atoms with E-state index in [1.807, 2.05) is 30.3 Å². The molecule has 0 aliphatic carbocycles. The molecule has 2 atom stereocenters. The van der Waals surface area contributed by atoms with Gasteiger partial charge in [0.15, 0.2) is 0 Å². The number of nitrogens with zero attached hydrogens (tertiary/aromatic N) is 1. The number of hydrogen-bond donors (Lipinski definition) is 2. The van der Waals surface area contributed by atoms with E-state index in [9.17, 15) is 19.5 Å². The first-order valence-electron chi connectivity index (χ1n) is 9.03. The molecule has 0 spiro atoms. The van der Waals surface area contributed by atoms with Crippen LogP contribution in [0.4, 0.5) is 9.59 Å². The molecule has 0 saturated carbocycles. The van der Waals surface area contributed by atoms with Gasteiger partial charge in [0.25, 0.3) is 0 Å². The second-order valence-corrected chi connectivity index (χ2v) is 6.80. The van der Waals surface area contributed by atoms with Crippen LogP contribution >= 0.6 is 0 Å². The molecule has 2 rings (SSSR count). The van der Waals surface area contributed by atoms with Crippen molar-refractivity contribution in [3.63, 3.8) is 0 Å². The van der Waals surface area contributed by atoms with Gasteiger partial charge < -0.3 is 24.6 Å². The molecule has 2 amide bonds. The van der Waals surface area contributed by atoms with E-state index in [2.05, 4.69) is 5.32 Å². The lowest BCUT2D eigenvalue weighted by atomic mass is 10.0. The first-order chi connectivity index (χ1) is 13.2. The maximum atomic E-state index is 12.3. The molecule has 9 heteroatoms. The maximum absolute atomic E-state index is 12.3. The second-order valence-electron chi connectivity index (χ2n) is 6.80. The van der Waals surface area contributed by atoms with E-state index >= 15 is 0 Å². The minimum atomic E-state index is -1.21. The van der Waals surface area contributed by atoms with Gasteiger partial charge in [-0.05, 0) is 26.3 Å². The molecule has 1 unspecified atom stereocenters. The standard InChI is InChI=1S/C19H26N2O7/c1-4-26-16(22)10-14(15-12-28-19(2,3)21(15)18(24)25)20-17(23)27-11-13-8-6-5-7-9-13/h5-9,14-15H,4,10-12H2,1-3H3,(H,20,23)(H,24,25)/t14?,15-/m1/s1. The van der Waals surface area contributed by atoms with E-state index < -0.39 is 36.0 Å². The van der Waals surface area contributed by atoms with Crippen LogP contribution in [0.2, 0.25) is 0 Å². The van der Waals surface area contributed by atoms with Crippen molar-refractivity contribution in [3.05, 3.63) is 35.9 Å². The zero-order valence-corrected chi connectivity index (χ0v) is 16.2. The number of amides is 2. The van der Waals surface area contributed by atoms with Crippen molar-refractivity contribution in [3.8, 4) is 0 Å². The van der Waals surface area contributed by atoms with Gasteiger partial charge in [0.2, 0.25) is 0 Å². The highest BCUT2D eigenvalue weighted by Crippen LogP contribution is 2.30. The number of rotatable bonds is 7. The molecule has 28 heavy (non-hydrogen) atoms. The van der Waals surface area contributed by atoms with Crippen LogP contribution in [0.3, 0.4) is 0 Å². The molecule has 9 nitrogen and oxygen atoms in total. The third-order valence-electron chi connectivity index (χ3n) is 4.40. The summed E-state index contributed by atoms with van der Waals surface area (Å²) >= 11 is 0. The van der Waals surface area contributed by atoms with Crippen LogP contribution in [0.5, 0.6) is 0 Å². The highest BCUT2D eigenvalue weighted by Gasteiger charge is 2.48. The van der Waals surface area contributed by atoms with Crippen LogP contribution in [-0.4, -0.2) is 59.2 Å². The van der Waals surface area contributed by atoms with Crippen molar-refractivity contribution in [2.45, 2.75) is 51.6 Å². The topological polar surface area (TPSA) is 114 Å². The number of carbonyl (C=O) groups is 3. The third kappa shape index (κ3) is 5.59. The Hall–Kier alpha value is -2.81. The molecule has 1 heterocycles. The molecule has 0 bridgehead atoms. The average molecular weight is 394 g/mol. The van der Waals surface area contributed by atoms with Crippen molar-refractivity contribution >= 4 is 18.2 Å². The summed E-state index contributed by atoms with van der Waals surface area (Å²) in [6, 6.07) is 7.49. The van der Waals surface area contributed by atoms with Gasteiger partial charge in [-0.15, -0.1) is 0 Å². The minimum Gasteiger partial charge on any atom is -0.466 e.